The summed E-state index contributed by atoms with van der Waals surface area (Å²) in [4.78, 5) is 2.69. The van der Waals surface area contributed by atoms with Gasteiger partial charge in [-0.2, -0.15) is 0 Å². The average molecular weight is 550 g/mol. The minimum atomic E-state index is -0.202. The molecule has 0 aromatic heterocycles. The zero-order valence-electron chi connectivity index (χ0n) is 24.8. The molecule has 9 rings (SSSR count). The predicted octanol–water partition coefficient (Wildman–Crippen LogP) is 8.59. The number of nitrogens with zero attached hydrogens (tertiary/aromatic N) is 1. The summed E-state index contributed by atoms with van der Waals surface area (Å²) in [6.07, 6.45) is 0. The second-order valence-corrected chi connectivity index (χ2v) is 13.0. The van der Waals surface area contributed by atoms with E-state index >= 15 is 0 Å². The molecule has 1 aliphatic carbocycles. The molecule has 2 heterocycles. The van der Waals surface area contributed by atoms with E-state index in [0.29, 0.717) is 0 Å². The first kappa shape index (κ1) is 24.8. The van der Waals surface area contributed by atoms with Gasteiger partial charge in [-0.05, 0) is 68.4 Å². The van der Waals surface area contributed by atoms with E-state index in [0.717, 1.165) is 0 Å². The number of benzene rings is 6. The van der Waals surface area contributed by atoms with Crippen molar-refractivity contribution in [1.29, 1.82) is 0 Å². The third kappa shape index (κ3) is 3.08. The van der Waals surface area contributed by atoms with E-state index in [2.05, 4.69) is 165 Å². The van der Waals surface area contributed by atoms with Crippen molar-refractivity contribution < 1.29 is 0 Å². The minimum absolute atomic E-state index is 0.0226. The van der Waals surface area contributed by atoms with Crippen LogP contribution < -0.4 is 15.7 Å². The van der Waals surface area contributed by atoms with Gasteiger partial charge in [-0.3, -0.25) is 0 Å². The highest BCUT2D eigenvalue weighted by Crippen LogP contribution is 2.56. The molecule has 2 heteroatoms. The molecular formula is C41H32BN. The van der Waals surface area contributed by atoms with E-state index in [4.69, 9.17) is 0 Å². The predicted molar refractivity (Wildman–Crippen MR) is 181 cm³/mol. The fourth-order valence-electron chi connectivity index (χ4n) is 8.69. The molecule has 6 aromatic rings. The van der Waals surface area contributed by atoms with Crippen molar-refractivity contribution in [2.75, 3.05) is 4.81 Å². The molecule has 1 atom stereocenters. The molecule has 6 aromatic carbocycles. The smallest absolute Gasteiger partial charge is 0.328 e. The number of hydrogen-bond acceptors (Lipinski definition) is 1. The highest BCUT2D eigenvalue weighted by molar-refractivity contribution is 6.90. The molecule has 1 unspecified atom stereocenters. The highest BCUT2D eigenvalue weighted by atomic mass is 15.1. The molecule has 0 fully saturated rings. The van der Waals surface area contributed by atoms with Crippen LogP contribution in [0.3, 0.4) is 0 Å². The van der Waals surface area contributed by atoms with Gasteiger partial charge >= 0.3 is 6.85 Å². The molecule has 2 aliphatic heterocycles. The summed E-state index contributed by atoms with van der Waals surface area (Å²) < 4.78 is 0. The lowest BCUT2D eigenvalue weighted by Gasteiger charge is -2.49. The lowest BCUT2D eigenvalue weighted by atomic mass is 9.40. The maximum atomic E-state index is 2.69. The van der Waals surface area contributed by atoms with Crippen molar-refractivity contribution in [2.24, 2.45) is 0 Å². The van der Waals surface area contributed by atoms with Gasteiger partial charge in [-0.15, -0.1) is 0 Å². The Labute approximate surface area is 254 Å². The van der Waals surface area contributed by atoms with Gasteiger partial charge in [0.25, 0.3) is 0 Å². The van der Waals surface area contributed by atoms with Crippen LogP contribution in [0.5, 0.6) is 0 Å². The molecular weight excluding hydrogens is 517 g/mol. The molecule has 0 spiro atoms. The molecule has 0 saturated heterocycles. The Morgan fingerprint density at radius 3 is 1.88 bits per heavy atom. The quantitative estimate of drug-likeness (QED) is 0.196. The molecule has 0 amide bonds. The van der Waals surface area contributed by atoms with Crippen molar-refractivity contribution >= 4 is 29.1 Å². The van der Waals surface area contributed by atoms with E-state index in [1.54, 1.807) is 0 Å². The van der Waals surface area contributed by atoms with E-state index in [-0.39, 0.29) is 17.7 Å². The normalized spacial score (nSPS) is 18.3. The molecule has 1 nitrogen and oxygen atoms in total. The molecule has 0 N–H and O–H groups in total. The van der Waals surface area contributed by atoms with E-state index in [9.17, 15) is 0 Å². The van der Waals surface area contributed by atoms with Gasteiger partial charge in [-0.25, -0.2) is 0 Å². The van der Waals surface area contributed by atoms with Crippen LogP contribution in [-0.2, 0) is 10.8 Å². The third-order valence-corrected chi connectivity index (χ3v) is 10.6. The maximum Gasteiger partial charge on any atom is 0.328 e. The second kappa shape index (κ2) is 8.61. The average Bonchev–Trinajstić information content (AvgIpc) is 3.33. The van der Waals surface area contributed by atoms with Crippen molar-refractivity contribution in [1.82, 2.24) is 0 Å². The molecule has 0 radical (unpaired) electrons. The molecule has 3 aliphatic rings. The van der Waals surface area contributed by atoms with Gasteiger partial charge in [0.1, 0.15) is 0 Å². The summed E-state index contributed by atoms with van der Waals surface area (Å²) in [6, 6.07) is 52.2. The monoisotopic (exact) mass is 549 g/mol. The van der Waals surface area contributed by atoms with Crippen LogP contribution in [0, 0.1) is 0 Å². The van der Waals surface area contributed by atoms with E-state index in [1.807, 2.05) is 0 Å². The molecule has 204 valence electrons. The van der Waals surface area contributed by atoms with Crippen LogP contribution in [0.1, 0.15) is 48.6 Å². The van der Waals surface area contributed by atoms with Gasteiger partial charge in [0.15, 0.2) is 0 Å². The fraction of sp³-hybridized carbons (Fsp3) is 0.122. The van der Waals surface area contributed by atoms with Gasteiger partial charge in [0.05, 0.1) is 0 Å². The summed E-state index contributed by atoms with van der Waals surface area (Å²) >= 11 is 0. The van der Waals surface area contributed by atoms with Crippen LogP contribution in [0.25, 0.3) is 22.3 Å². The number of fused-ring (bicyclic) bond motifs is 7. The first-order valence-electron chi connectivity index (χ1n) is 15.4. The Hall–Kier alpha value is -4.82. The first-order chi connectivity index (χ1) is 21.0. The zero-order valence-corrected chi connectivity index (χ0v) is 24.8. The van der Waals surface area contributed by atoms with Gasteiger partial charge < -0.3 is 4.81 Å². The van der Waals surface area contributed by atoms with Gasteiger partial charge in [-0.1, -0.05) is 147 Å². The Kier molecular flexibility index (Phi) is 4.96. The zero-order chi connectivity index (χ0) is 28.9. The topological polar surface area (TPSA) is 3.24 Å². The van der Waals surface area contributed by atoms with Crippen LogP contribution in [0.4, 0.5) is 11.4 Å². The van der Waals surface area contributed by atoms with Crippen LogP contribution in [0.2, 0.25) is 0 Å². The standard InChI is InChI=1S/C41H32BN/c1-40(2)33-22-10-12-26-37(33)43(39-28(18-13-23-34(39)40)27-15-5-4-6-16-27)42-35-24-11-9-21-32(35)41(3)31-20-8-7-17-29(31)30-19-14-25-36(42)38(30)41/h4-26H,1-3H3. The summed E-state index contributed by atoms with van der Waals surface area (Å²) in [5, 5.41) is 0. The minimum Gasteiger partial charge on any atom is -0.376 e. The van der Waals surface area contributed by atoms with E-state index in [1.165, 1.54) is 72.4 Å². The maximum absolute atomic E-state index is 2.69. The van der Waals surface area contributed by atoms with Crippen LogP contribution in [0.15, 0.2) is 140 Å². The largest absolute Gasteiger partial charge is 0.376 e. The number of para-hydroxylation sites is 2. The SMILES string of the molecule is CC1(C)c2ccccc2N(B2c3ccccc3C3(C)c4ccccc4-c4cccc2c43)c2c(-c3ccccc3)cccc21. The van der Waals surface area contributed by atoms with Crippen molar-refractivity contribution in [3.63, 3.8) is 0 Å². The van der Waals surface area contributed by atoms with E-state index < -0.39 is 0 Å². The Balaban J connectivity index is 1.42. The van der Waals surface area contributed by atoms with Crippen molar-refractivity contribution in [3.8, 4) is 22.3 Å². The first-order valence-corrected chi connectivity index (χ1v) is 15.4. The van der Waals surface area contributed by atoms with Crippen molar-refractivity contribution in [2.45, 2.75) is 31.6 Å². The Morgan fingerprint density at radius 2 is 1.05 bits per heavy atom. The van der Waals surface area contributed by atoms with Crippen LogP contribution >= 0.6 is 0 Å². The summed E-state index contributed by atoms with van der Waals surface area (Å²) in [5.74, 6) is 0. The van der Waals surface area contributed by atoms with Crippen LogP contribution in [-0.4, -0.2) is 6.85 Å². The lowest BCUT2D eigenvalue weighted by Crippen LogP contribution is -2.63. The number of anilines is 2. The summed E-state index contributed by atoms with van der Waals surface area (Å²) in [6.45, 7) is 7.25. The Morgan fingerprint density at radius 1 is 0.465 bits per heavy atom. The highest BCUT2D eigenvalue weighted by Gasteiger charge is 2.52. The summed E-state index contributed by atoms with van der Waals surface area (Å²) in [7, 11) is 0. The fourth-order valence-corrected chi connectivity index (χ4v) is 8.69. The number of rotatable bonds is 2. The second-order valence-electron chi connectivity index (χ2n) is 13.0. The van der Waals surface area contributed by atoms with Crippen molar-refractivity contribution in [3.05, 3.63) is 167 Å². The van der Waals surface area contributed by atoms with Gasteiger partial charge in [0, 0.05) is 27.8 Å². The molecule has 43 heavy (non-hydrogen) atoms. The molecule has 0 bridgehead atoms. The summed E-state index contributed by atoms with van der Waals surface area (Å²) in [5.41, 5.74) is 17.3. The third-order valence-electron chi connectivity index (χ3n) is 10.6. The molecule has 0 saturated carbocycles. The number of hydrogen-bond donors (Lipinski definition) is 0. The Bertz CT molecular complexity index is 2090. The lowest BCUT2D eigenvalue weighted by molar-refractivity contribution is 0.634. The van der Waals surface area contributed by atoms with Gasteiger partial charge in [0.2, 0.25) is 0 Å².